The van der Waals surface area contributed by atoms with Crippen molar-refractivity contribution in [3.8, 4) is 0 Å². The predicted octanol–water partition coefficient (Wildman–Crippen LogP) is 3.98. The molecule has 9 heteroatoms. The van der Waals surface area contributed by atoms with E-state index in [0.717, 1.165) is 24.3 Å². The lowest BCUT2D eigenvalue weighted by Crippen LogP contribution is -2.23. The molecule has 0 bridgehead atoms. The lowest BCUT2D eigenvalue weighted by Gasteiger charge is -2.12. The zero-order valence-electron chi connectivity index (χ0n) is 11.4. The van der Waals surface area contributed by atoms with E-state index in [-0.39, 0.29) is 17.0 Å². The van der Waals surface area contributed by atoms with Gasteiger partial charge < -0.3 is 0 Å². The van der Waals surface area contributed by atoms with Crippen molar-refractivity contribution in [2.45, 2.75) is 17.6 Å². The standard InChI is InChI=1S/C14H10ClF4NO2S/c15-13-5-4-9(6-12(13)14(17,18)19)8-20-23(21,22)11-3-1-2-10(16)7-11/h1-7,20H,8H2. The minimum atomic E-state index is -4.64. The Morgan fingerprint density at radius 1 is 1.09 bits per heavy atom. The SMILES string of the molecule is O=S(=O)(NCc1ccc(Cl)c(C(F)(F)F)c1)c1cccc(F)c1. The minimum absolute atomic E-state index is 0.0710. The maximum atomic E-state index is 13.1. The second-order valence-corrected chi connectivity index (χ2v) is 6.77. The molecule has 23 heavy (non-hydrogen) atoms. The summed E-state index contributed by atoms with van der Waals surface area (Å²) in [4.78, 5) is -0.317. The van der Waals surface area contributed by atoms with E-state index in [2.05, 4.69) is 4.72 Å². The monoisotopic (exact) mass is 367 g/mol. The topological polar surface area (TPSA) is 46.2 Å². The second kappa shape index (κ2) is 6.46. The number of hydrogen-bond acceptors (Lipinski definition) is 2. The van der Waals surface area contributed by atoms with E-state index >= 15 is 0 Å². The normalized spacial score (nSPS) is 12.4. The molecule has 0 unspecified atom stereocenters. The lowest BCUT2D eigenvalue weighted by atomic mass is 10.1. The first kappa shape index (κ1) is 17.7. The first-order valence-electron chi connectivity index (χ1n) is 6.20. The van der Waals surface area contributed by atoms with Crippen LogP contribution in [-0.4, -0.2) is 8.42 Å². The van der Waals surface area contributed by atoms with E-state index in [4.69, 9.17) is 11.6 Å². The van der Waals surface area contributed by atoms with Crippen molar-refractivity contribution < 1.29 is 26.0 Å². The molecular weight excluding hydrogens is 358 g/mol. The van der Waals surface area contributed by atoms with Crippen LogP contribution in [0, 0.1) is 5.82 Å². The summed E-state index contributed by atoms with van der Waals surface area (Å²) in [6, 6.07) is 7.35. The molecule has 0 aliphatic rings. The molecule has 3 nitrogen and oxygen atoms in total. The fourth-order valence-electron chi connectivity index (χ4n) is 1.80. The summed E-state index contributed by atoms with van der Waals surface area (Å²) in [5.74, 6) is -0.737. The van der Waals surface area contributed by atoms with Crippen LogP contribution in [0.4, 0.5) is 17.6 Å². The summed E-state index contributed by atoms with van der Waals surface area (Å²) in [5, 5.41) is -0.478. The average Bonchev–Trinajstić information content (AvgIpc) is 2.45. The number of halogens is 5. The van der Waals surface area contributed by atoms with Crippen LogP contribution in [0.2, 0.25) is 5.02 Å². The van der Waals surface area contributed by atoms with Crippen molar-refractivity contribution >= 4 is 21.6 Å². The molecular formula is C14H10ClF4NO2S. The summed E-state index contributed by atoms with van der Waals surface area (Å²) >= 11 is 5.48. The third kappa shape index (κ3) is 4.43. The molecule has 0 fully saturated rings. The number of benzene rings is 2. The zero-order valence-corrected chi connectivity index (χ0v) is 12.9. The van der Waals surface area contributed by atoms with Gasteiger partial charge in [-0.05, 0) is 35.9 Å². The Labute approximate surface area is 134 Å². The Morgan fingerprint density at radius 2 is 1.78 bits per heavy atom. The molecule has 1 N–H and O–H groups in total. The molecule has 0 radical (unpaired) electrons. The number of sulfonamides is 1. The number of nitrogens with one attached hydrogen (secondary N) is 1. The molecule has 0 saturated carbocycles. The van der Waals surface area contributed by atoms with Crippen molar-refractivity contribution in [2.24, 2.45) is 0 Å². The van der Waals surface area contributed by atoms with E-state index in [0.29, 0.717) is 0 Å². The first-order valence-corrected chi connectivity index (χ1v) is 8.06. The van der Waals surface area contributed by atoms with Crippen molar-refractivity contribution in [1.29, 1.82) is 0 Å². The Kier molecular flexibility index (Phi) is 4.98. The minimum Gasteiger partial charge on any atom is -0.207 e. The number of hydrogen-bond donors (Lipinski definition) is 1. The van der Waals surface area contributed by atoms with Crippen molar-refractivity contribution in [3.63, 3.8) is 0 Å². The molecule has 0 amide bonds. The maximum absolute atomic E-state index is 13.1. The van der Waals surface area contributed by atoms with Crippen molar-refractivity contribution in [3.05, 3.63) is 64.4 Å². The van der Waals surface area contributed by atoms with E-state index in [1.807, 2.05) is 0 Å². The van der Waals surface area contributed by atoms with E-state index in [1.165, 1.54) is 18.2 Å². The van der Waals surface area contributed by atoms with Crippen LogP contribution in [0.5, 0.6) is 0 Å². The second-order valence-electron chi connectivity index (χ2n) is 4.59. The highest BCUT2D eigenvalue weighted by atomic mass is 35.5. The van der Waals surface area contributed by atoms with Crippen LogP contribution in [0.15, 0.2) is 47.4 Å². The molecule has 0 spiro atoms. The van der Waals surface area contributed by atoms with E-state index in [1.54, 1.807) is 0 Å². The van der Waals surface area contributed by atoms with Crippen LogP contribution in [0.1, 0.15) is 11.1 Å². The Bertz CT molecular complexity index is 822. The summed E-state index contributed by atoms with van der Waals surface area (Å²) in [6.45, 7) is -0.390. The van der Waals surface area contributed by atoms with Crippen LogP contribution in [0.3, 0.4) is 0 Å². The molecule has 0 saturated heterocycles. The van der Waals surface area contributed by atoms with E-state index < -0.39 is 32.6 Å². The molecule has 0 aliphatic heterocycles. The molecule has 124 valence electrons. The number of alkyl halides is 3. The van der Waals surface area contributed by atoms with Gasteiger partial charge in [0, 0.05) is 6.54 Å². The molecule has 2 rings (SSSR count). The van der Waals surface area contributed by atoms with Gasteiger partial charge in [-0.3, -0.25) is 0 Å². The smallest absolute Gasteiger partial charge is 0.207 e. The fourth-order valence-corrected chi connectivity index (χ4v) is 3.07. The van der Waals surface area contributed by atoms with E-state index in [9.17, 15) is 26.0 Å². The Hall–Kier alpha value is -1.64. The summed E-state index contributed by atoms with van der Waals surface area (Å²) in [7, 11) is -4.04. The van der Waals surface area contributed by atoms with Gasteiger partial charge in [-0.2, -0.15) is 13.2 Å². The van der Waals surface area contributed by atoms with Gasteiger partial charge in [0.05, 0.1) is 15.5 Å². The molecule has 0 heterocycles. The predicted molar refractivity (Wildman–Crippen MR) is 76.9 cm³/mol. The third-order valence-electron chi connectivity index (χ3n) is 2.91. The fraction of sp³-hybridized carbons (Fsp3) is 0.143. The molecule has 2 aromatic rings. The van der Waals surface area contributed by atoms with Gasteiger partial charge in [0.25, 0.3) is 0 Å². The summed E-state index contributed by atoms with van der Waals surface area (Å²) < 4.78 is 77.4. The Balaban J connectivity index is 2.21. The van der Waals surface area contributed by atoms with Crippen LogP contribution in [0.25, 0.3) is 0 Å². The van der Waals surface area contributed by atoms with Gasteiger partial charge in [-0.1, -0.05) is 23.7 Å². The van der Waals surface area contributed by atoms with Crippen molar-refractivity contribution in [2.75, 3.05) is 0 Å². The highest BCUT2D eigenvalue weighted by molar-refractivity contribution is 7.89. The molecule has 0 atom stereocenters. The zero-order chi connectivity index (χ0) is 17.3. The van der Waals surface area contributed by atoms with Gasteiger partial charge in [0.1, 0.15) is 5.82 Å². The molecule has 0 aliphatic carbocycles. The lowest BCUT2D eigenvalue weighted by molar-refractivity contribution is -0.137. The van der Waals surface area contributed by atoms with Gasteiger partial charge in [-0.15, -0.1) is 0 Å². The van der Waals surface area contributed by atoms with Crippen molar-refractivity contribution in [1.82, 2.24) is 4.72 Å². The van der Waals surface area contributed by atoms with Crippen LogP contribution in [-0.2, 0) is 22.7 Å². The summed E-state index contributed by atoms with van der Waals surface area (Å²) in [5.41, 5.74) is -0.983. The first-order chi connectivity index (χ1) is 10.6. The van der Waals surface area contributed by atoms with Crippen LogP contribution < -0.4 is 4.72 Å². The average molecular weight is 368 g/mol. The molecule has 0 aromatic heterocycles. The summed E-state index contributed by atoms with van der Waals surface area (Å²) in [6.07, 6.45) is -4.64. The quantitative estimate of drug-likeness (QED) is 0.831. The number of rotatable bonds is 4. The highest BCUT2D eigenvalue weighted by Crippen LogP contribution is 2.35. The molecule has 2 aromatic carbocycles. The largest absolute Gasteiger partial charge is 0.417 e. The third-order valence-corrected chi connectivity index (χ3v) is 4.64. The van der Waals surface area contributed by atoms with Gasteiger partial charge in [-0.25, -0.2) is 17.5 Å². The van der Waals surface area contributed by atoms with Gasteiger partial charge in [0.2, 0.25) is 10.0 Å². The maximum Gasteiger partial charge on any atom is 0.417 e. The van der Waals surface area contributed by atoms with Gasteiger partial charge >= 0.3 is 6.18 Å². The highest BCUT2D eigenvalue weighted by Gasteiger charge is 2.33. The van der Waals surface area contributed by atoms with Gasteiger partial charge in [0.15, 0.2) is 0 Å². The van der Waals surface area contributed by atoms with Crippen LogP contribution >= 0.6 is 11.6 Å². The Morgan fingerprint density at radius 3 is 2.39 bits per heavy atom.